The summed E-state index contributed by atoms with van der Waals surface area (Å²) in [4.78, 5) is 55.8. The number of aromatic nitrogens is 8. The van der Waals surface area contributed by atoms with E-state index in [0.29, 0.717) is 51.1 Å². The predicted molar refractivity (Wildman–Crippen MR) is 240 cm³/mol. The Morgan fingerprint density at radius 2 is 1.34 bits per heavy atom. The van der Waals surface area contributed by atoms with Crippen LogP contribution in [0.15, 0.2) is 96.3 Å². The fourth-order valence-corrected chi connectivity index (χ4v) is 5.99. The number of carbonyl (C=O) groups is 3. The van der Waals surface area contributed by atoms with Crippen molar-refractivity contribution in [1.82, 2.24) is 39.5 Å². The Bertz CT molecular complexity index is 2780. The zero-order valence-corrected chi connectivity index (χ0v) is 38.1. The van der Waals surface area contributed by atoms with E-state index in [1.807, 2.05) is 45.0 Å². The van der Waals surface area contributed by atoms with Crippen LogP contribution >= 0.6 is 11.6 Å². The molecule has 0 atom stereocenters. The van der Waals surface area contributed by atoms with Gasteiger partial charge in [-0.05, 0) is 117 Å². The van der Waals surface area contributed by atoms with Gasteiger partial charge in [-0.25, -0.2) is 34.2 Å². The number of nitrogens with zero attached hydrogens (tertiary/aromatic N) is 9. The fraction of sp³-hybridized carbons (Fsp3) is 0.311. The second-order valence-corrected chi connectivity index (χ2v) is 17.5. The lowest BCUT2D eigenvalue weighted by atomic mass is 10.1. The van der Waals surface area contributed by atoms with E-state index in [1.54, 1.807) is 110 Å². The molecule has 0 aliphatic carbocycles. The van der Waals surface area contributed by atoms with Gasteiger partial charge in [-0.1, -0.05) is 12.1 Å². The van der Waals surface area contributed by atoms with Gasteiger partial charge in [0.05, 0.1) is 31.5 Å². The zero-order valence-electron chi connectivity index (χ0n) is 37.3. The molecule has 0 saturated heterocycles. The Morgan fingerprint density at radius 3 is 1.94 bits per heavy atom. The van der Waals surface area contributed by atoms with Crippen molar-refractivity contribution in [3.8, 4) is 28.0 Å². The summed E-state index contributed by atoms with van der Waals surface area (Å²) in [5.41, 5.74) is 3.49. The van der Waals surface area contributed by atoms with Crippen molar-refractivity contribution in [2.75, 3.05) is 17.3 Å². The smallest absolute Gasteiger partial charge is 0.435 e. The molecule has 0 fully saturated rings. The quantitative estimate of drug-likeness (QED) is 0.117. The van der Waals surface area contributed by atoms with Crippen molar-refractivity contribution in [2.45, 2.75) is 86.0 Å². The number of hydrogen-bond donors (Lipinski definition) is 1. The van der Waals surface area contributed by atoms with E-state index in [0.717, 1.165) is 21.5 Å². The van der Waals surface area contributed by atoms with Crippen molar-refractivity contribution in [1.29, 1.82) is 0 Å². The van der Waals surface area contributed by atoms with E-state index in [4.69, 9.17) is 35.0 Å². The van der Waals surface area contributed by atoms with Crippen LogP contribution in [0, 0.1) is 6.92 Å². The van der Waals surface area contributed by atoms with Gasteiger partial charge in [-0.3, -0.25) is 0 Å². The number of rotatable bonds is 7. The van der Waals surface area contributed by atoms with Crippen molar-refractivity contribution < 1.29 is 37.7 Å². The summed E-state index contributed by atoms with van der Waals surface area (Å²) < 4.78 is 29.7. The van der Waals surface area contributed by atoms with Gasteiger partial charge in [-0.2, -0.15) is 24.5 Å². The second-order valence-electron chi connectivity index (χ2n) is 17.1. The molecule has 2 aromatic carbocycles. The Kier molecular flexibility index (Phi) is 13.4. The Morgan fingerprint density at radius 1 is 0.734 bits per heavy atom. The summed E-state index contributed by atoms with van der Waals surface area (Å²) in [5.74, 6) is 1.81. The van der Waals surface area contributed by atoms with E-state index >= 15 is 0 Å². The fourth-order valence-electron chi connectivity index (χ4n) is 5.82. The van der Waals surface area contributed by atoms with Crippen molar-refractivity contribution in [2.24, 2.45) is 0 Å². The predicted octanol–water partition coefficient (Wildman–Crippen LogP) is 10.8. The molecule has 0 bridgehead atoms. The molecule has 7 aromatic rings. The first-order valence-electron chi connectivity index (χ1n) is 19.9. The average molecular weight is 893 g/mol. The van der Waals surface area contributed by atoms with E-state index in [1.165, 1.54) is 23.0 Å². The molecule has 64 heavy (non-hydrogen) atoms. The van der Waals surface area contributed by atoms with Gasteiger partial charge in [0.15, 0.2) is 11.4 Å². The second kappa shape index (κ2) is 18.6. The highest BCUT2D eigenvalue weighted by atomic mass is 35.5. The number of anilines is 4. The Balaban J connectivity index is 0.000000216. The van der Waals surface area contributed by atoms with Gasteiger partial charge in [-0.15, -0.1) is 0 Å². The van der Waals surface area contributed by atoms with Crippen LogP contribution in [0.3, 0.4) is 0 Å². The third-order valence-electron chi connectivity index (χ3n) is 8.40. The van der Waals surface area contributed by atoms with Crippen molar-refractivity contribution in [3.63, 3.8) is 0 Å². The highest BCUT2D eigenvalue weighted by Crippen LogP contribution is 2.36. The number of furan rings is 1. The van der Waals surface area contributed by atoms with Crippen LogP contribution in [0.2, 0.25) is 5.28 Å². The number of carbonyl (C=O) groups excluding carboxylic acids is 3. The Labute approximate surface area is 374 Å². The van der Waals surface area contributed by atoms with Crippen LogP contribution in [0.4, 0.5) is 37.4 Å². The normalized spacial score (nSPS) is 11.6. The first kappa shape index (κ1) is 46.2. The van der Waals surface area contributed by atoms with E-state index < -0.39 is 35.1 Å². The van der Waals surface area contributed by atoms with Crippen LogP contribution in [-0.2, 0) is 14.2 Å². The maximum absolute atomic E-state index is 13.2. The van der Waals surface area contributed by atoms with Crippen molar-refractivity contribution in [3.05, 3.63) is 103 Å². The number of aryl methyl sites for hydroxylation is 1. The molecule has 0 saturated carbocycles. The van der Waals surface area contributed by atoms with E-state index in [2.05, 4.69) is 35.5 Å². The molecule has 5 aromatic heterocycles. The number of methoxy groups -OCH3 is 1. The van der Waals surface area contributed by atoms with Crippen LogP contribution in [0.25, 0.3) is 33.4 Å². The molecule has 334 valence electrons. The molecule has 5 heterocycles. The maximum Gasteiger partial charge on any atom is 0.435 e. The van der Waals surface area contributed by atoms with Gasteiger partial charge >= 0.3 is 18.3 Å². The molecule has 1 N–H and O–H groups in total. The minimum Gasteiger partial charge on any atom is -0.496 e. The van der Waals surface area contributed by atoms with Gasteiger partial charge in [0.2, 0.25) is 5.28 Å². The van der Waals surface area contributed by atoms with Gasteiger partial charge < -0.3 is 28.7 Å². The van der Waals surface area contributed by atoms with Crippen LogP contribution in [0.1, 0.15) is 68.1 Å². The SMILES string of the molecule is CC(C)(C)OC(=O)n1cc(-c2ccc(Nc3nc(Cl)nc4ccoc34)cc2)cn1.COc1cc(N(C(=O)OC(C)(C)C)c2ccnc(C)n2)ccc1-c1cnn(C(=O)OC(C)(C)C)c1. The summed E-state index contributed by atoms with van der Waals surface area (Å²) in [6, 6.07) is 16.1. The maximum atomic E-state index is 13.2. The number of halogens is 1. The molecule has 0 unspecified atom stereocenters. The minimum absolute atomic E-state index is 0.132. The van der Waals surface area contributed by atoms with Gasteiger partial charge in [0, 0.05) is 53.1 Å². The number of ether oxygens (including phenoxy) is 4. The Hall–Kier alpha value is -7.34. The number of nitrogens with one attached hydrogen (secondary N) is 1. The van der Waals surface area contributed by atoms with Crippen LogP contribution < -0.4 is 15.0 Å². The van der Waals surface area contributed by atoms with Crippen LogP contribution in [0.5, 0.6) is 5.75 Å². The summed E-state index contributed by atoms with van der Waals surface area (Å²) in [5, 5.41) is 11.5. The summed E-state index contributed by atoms with van der Waals surface area (Å²) in [6.45, 7) is 17.9. The molecule has 7 rings (SSSR count). The molecular formula is C45H49ClN10O8. The summed E-state index contributed by atoms with van der Waals surface area (Å²) in [7, 11) is 1.52. The minimum atomic E-state index is -0.711. The first-order chi connectivity index (χ1) is 30.1. The number of hydrogen-bond acceptors (Lipinski definition) is 15. The first-order valence-corrected chi connectivity index (χ1v) is 20.3. The molecule has 0 spiro atoms. The number of fused-ring (bicyclic) bond motifs is 1. The summed E-state index contributed by atoms with van der Waals surface area (Å²) >= 11 is 5.97. The lowest BCUT2D eigenvalue weighted by Crippen LogP contribution is -2.34. The topological polar surface area (TPSA) is 204 Å². The van der Waals surface area contributed by atoms with E-state index in [-0.39, 0.29) is 5.28 Å². The lowest BCUT2D eigenvalue weighted by molar-refractivity contribution is 0.0503. The molecule has 18 nitrogen and oxygen atoms in total. The zero-order chi connectivity index (χ0) is 46.6. The monoisotopic (exact) mass is 892 g/mol. The highest BCUT2D eigenvalue weighted by molar-refractivity contribution is 6.28. The molecule has 1 amide bonds. The summed E-state index contributed by atoms with van der Waals surface area (Å²) in [6.07, 6.45) is 7.75. The molecular weight excluding hydrogens is 844 g/mol. The lowest BCUT2D eigenvalue weighted by Gasteiger charge is -2.27. The molecule has 0 aliphatic rings. The third kappa shape index (κ3) is 12.0. The largest absolute Gasteiger partial charge is 0.496 e. The highest BCUT2D eigenvalue weighted by Gasteiger charge is 2.28. The molecule has 0 aliphatic heterocycles. The van der Waals surface area contributed by atoms with Gasteiger partial charge in [0.25, 0.3) is 0 Å². The standard InChI is InChI=1S/C25H31N5O5.C20H18ClN5O3/c1-16-26-12-11-21(28-16)30(23(32)35-25(5,6)7)18-9-10-19(20(13-18)33-8)17-14-27-29(15-17)22(31)34-24(2,3)4;1-20(2,3)29-19(27)26-11-13(10-22-26)12-4-6-14(7-5-12)23-17-16-15(8-9-28-16)24-18(21)25-17/h9-15H,1-8H3;4-11H,1-3H3,(H,23,24,25). The third-order valence-corrected chi connectivity index (χ3v) is 8.57. The van der Waals surface area contributed by atoms with Crippen molar-refractivity contribution >= 4 is 64.0 Å². The number of amides is 1. The van der Waals surface area contributed by atoms with E-state index in [9.17, 15) is 14.4 Å². The van der Waals surface area contributed by atoms with Crippen LogP contribution in [-0.4, -0.2) is 81.7 Å². The average Bonchev–Trinajstić information content (AvgIpc) is 3.99. The van der Waals surface area contributed by atoms with Gasteiger partial charge in [0.1, 0.15) is 39.7 Å². The number of benzene rings is 2. The molecule has 0 radical (unpaired) electrons. The molecule has 19 heteroatoms.